The first kappa shape index (κ1) is 35.8. The van der Waals surface area contributed by atoms with Gasteiger partial charge in [-0.1, -0.05) is 46.5 Å². The lowest BCUT2D eigenvalue weighted by molar-refractivity contribution is -0.150. The number of carbonyl (C=O) groups excluding carboxylic acids is 1. The Bertz CT molecular complexity index is 1210. The maximum Gasteiger partial charge on any atom is 0.451 e. The second kappa shape index (κ2) is 15.6. The molecule has 1 aromatic heterocycles. The number of anilines is 3. The average molecular weight is 642 g/mol. The van der Waals surface area contributed by atoms with E-state index < -0.39 is 20.1 Å². The minimum atomic E-state index is -4.71. The quantitative estimate of drug-likeness (QED) is 0.122. The van der Waals surface area contributed by atoms with E-state index in [1.165, 1.54) is 7.11 Å². The summed E-state index contributed by atoms with van der Waals surface area (Å²) in [6.45, 7) is 13.5. The van der Waals surface area contributed by atoms with Gasteiger partial charge in [-0.3, -0.25) is 4.79 Å². The standard InChI is InChI=1S/C31H50F3N5O4Si/c1-21(2)19-38(24-10-12-25(41-4)13-11-24)27-14-9-23(22(3)17-28(40)42-5)18-26(27)35-30-36-29(31(32,33)34)39(37-30)20-43-15-16-44(6,7)8/h9,14,18,21-22,24-25H,10-13,15-17,19-20H2,1-8H3,(H,35,37)/t22-,24?,25?/m1/s1. The zero-order chi connectivity index (χ0) is 32.7. The highest BCUT2D eigenvalue weighted by Gasteiger charge is 2.38. The molecule has 0 bridgehead atoms. The van der Waals surface area contributed by atoms with Crippen molar-refractivity contribution in [2.24, 2.45) is 5.92 Å². The van der Waals surface area contributed by atoms with Crippen LogP contribution in [0.2, 0.25) is 25.7 Å². The Labute approximate surface area is 260 Å². The lowest BCUT2D eigenvalue weighted by Crippen LogP contribution is -2.41. The molecule has 0 aliphatic heterocycles. The first-order chi connectivity index (χ1) is 20.6. The number of carbonyl (C=O) groups is 1. The van der Waals surface area contributed by atoms with Crippen LogP contribution in [0.1, 0.15) is 70.2 Å². The molecule has 1 aliphatic carbocycles. The molecule has 0 saturated heterocycles. The molecular formula is C31H50F3N5O4Si. The van der Waals surface area contributed by atoms with Gasteiger partial charge in [0.2, 0.25) is 11.8 Å². The van der Waals surface area contributed by atoms with E-state index in [0.29, 0.717) is 18.2 Å². The van der Waals surface area contributed by atoms with Gasteiger partial charge in [-0.2, -0.15) is 18.2 Å². The second-order valence-corrected chi connectivity index (χ2v) is 19.0. The summed E-state index contributed by atoms with van der Waals surface area (Å²) >= 11 is 0. The van der Waals surface area contributed by atoms with Gasteiger partial charge in [0.25, 0.3) is 0 Å². The van der Waals surface area contributed by atoms with Crippen molar-refractivity contribution in [2.75, 3.05) is 37.6 Å². The van der Waals surface area contributed by atoms with Crippen LogP contribution >= 0.6 is 0 Å². The number of benzene rings is 1. The molecule has 1 N–H and O–H groups in total. The maximum absolute atomic E-state index is 14.0. The summed E-state index contributed by atoms with van der Waals surface area (Å²) < 4.78 is 58.9. The number of hydrogen-bond acceptors (Lipinski definition) is 8. The highest BCUT2D eigenvalue weighted by Crippen LogP contribution is 2.38. The molecule has 0 amide bonds. The molecule has 3 rings (SSSR count). The zero-order valence-corrected chi connectivity index (χ0v) is 28.5. The Morgan fingerprint density at radius 2 is 1.82 bits per heavy atom. The van der Waals surface area contributed by atoms with E-state index in [1.807, 2.05) is 25.1 Å². The highest BCUT2D eigenvalue weighted by molar-refractivity contribution is 6.76. The van der Waals surface area contributed by atoms with E-state index in [1.54, 1.807) is 7.11 Å². The smallest absolute Gasteiger partial charge is 0.451 e. The number of nitrogens with zero attached hydrogens (tertiary/aromatic N) is 4. The number of alkyl halides is 3. The largest absolute Gasteiger partial charge is 0.469 e. The van der Waals surface area contributed by atoms with Gasteiger partial charge in [-0.05, 0) is 61.3 Å². The van der Waals surface area contributed by atoms with Crippen molar-refractivity contribution in [3.8, 4) is 0 Å². The Morgan fingerprint density at radius 1 is 1.14 bits per heavy atom. The number of methoxy groups -OCH3 is 2. The third kappa shape index (κ3) is 10.5. The molecule has 1 aromatic carbocycles. The zero-order valence-electron chi connectivity index (χ0n) is 27.5. The fourth-order valence-electron chi connectivity index (χ4n) is 5.44. The first-order valence-corrected chi connectivity index (χ1v) is 19.2. The highest BCUT2D eigenvalue weighted by atomic mass is 28.3. The summed E-state index contributed by atoms with van der Waals surface area (Å²) in [6, 6.07) is 6.90. The molecule has 13 heteroatoms. The van der Waals surface area contributed by atoms with E-state index in [4.69, 9.17) is 14.2 Å². The first-order valence-electron chi connectivity index (χ1n) is 15.5. The lowest BCUT2D eigenvalue weighted by atomic mass is 9.90. The number of esters is 1. The van der Waals surface area contributed by atoms with Crippen molar-refractivity contribution in [2.45, 2.75) is 110 Å². The maximum atomic E-state index is 14.0. The summed E-state index contributed by atoms with van der Waals surface area (Å²) in [4.78, 5) is 18.2. The molecule has 2 aromatic rings. The van der Waals surface area contributed by atoms with Gasteiger partial charge in [0, 0.05) is 34.4 Å². The third-order valence-electron chi connectivity index (χ3n) is 7.96. The number of nitrogens with one attached hydrogen (secondary N) is 1. The molecule has 0 spiro atoms. The summed E-state index contributed by atoms with van der Waals surface area (Å²) in [7, 11) is 1.68. The summed E-state index contributed by atoms with van der Waals surface area (Å²) in [5.41, 5.74) is 2.28. The molecule has 9 nitrogen and oxygen atoms in total. The van der Waals surface area contributed by atoms with Crippen molar-refractivity contribution in [1.82, 2.24) is 14.8 Å². The Kier molecular flexibility index (Phi) is 12.7. The van der Waals surface area contributed by atoms with E-state index in [-0.39, 0.29) is 43.1 Å². The van der Waals surface area contributed by atoms with Crippen LogP contribution < -0.4 is 10.2 Å². The van der Waals surface area contributed by atoms with Crippen LogP contribution in [0.5, 0.6) is 0 Å². The predicted molar refractivity (Wildman–Crippen MR) is 169 cm³/mol. The summed E-state index contributed by atoms with van der Waals surface area (Å²) in [5.74, 6) is -1.47. The van der Waals surface area contributed by atoms with Crippen LogP contribution in [0.25, 0.3) is 0 Å². The van der Waals surface area contributed by atoms with Gasteiger partial charge in [-0.25, -0.2) is 4.68 Å². The number of halogens is 3. The van der Waals surface area contributed by atoms with Gasteiger partial charge < -0.3 is 24.4 Å². The van der Waals surface area contributed by atoms with E-state index in [2.05, 4.69) is 53.8 Å². The van der Waals surface area contributed by atoms with Crippen LogP contribution in [0.15, 0.2) is 18.2 Å². The summed E-state index contributed by atoms with van der Waals surface area (Å²) in [5, 5.41) is 7.31. The predicted octanol–water partition coefficient (Wildman–Crippen LogP) is 7.44. The van der Waals surface area contributed by atoms with Crippen molar-refractivity contribution in [3.63, 3.8) is 0 Å². The van der Waals surface area contributed by atoms with Gasteiger partial charge in [0.1, 0.15) is 6.73 Å². The topological polar surface area (TPSA) is 90.7 Å². The fraction of sp³-hybridized carbons (Fsp3) is 0.710. The number of hydrogen-bond donors (Lipinski definition) is 1. The number of rotatable bonds is 15. The van der Waals surface area contributed by atoms with Crippen molar-refractivity contribution in [1.29, 1.82) is 0 Å². The molecule has 1 heterocycles. The Morgan fingerprint density at radius 3 is 2.39 bits per heavy atom. The van der Waals surface area contributed by atoms with Gasteiger partial charge in [0.15, 0.2) is 0 Å². The van der Waals surface area contributed by atoms with E-state index in [9.17, 15) is 18.0 Å². The summed E-state index contributed by atoms with van der Waals surface area (Å²) in [6.07, 6.45) is -0.565. The Balaban J connectivity index is 2.00. The number of ether oxygens (including phenoxy) is 3. The van der Waals surface area contributed by atoms with Crippen LogP contribution in [-0.2, 0) is 31.9 Å². The SMILES string of the molecule is COC(=O)C[C@@H](C)c1ccc(N(CC(C)C)C2CCC(OC)CC2)c(Nc2nc(C(F)(F)F)n(COCC[Si](C)(C)C)n2)c1. The minimum absolute atomic E-state index is 0.169. The van der Waals surface area contributed by atoms with Crippen molar-refractivity contribution >= 4 is 31.4 Å². The van der Waals surface area contributed by atoms with Crippen LogP contribution in [0.3, 0.4) is 0 Å². The normalized spacial score (nSPS) is 18.4. The number of aromatic nitrogens is 3. The Hall–Kier alpha value is -2.64. The molecule has 44 heavy (non-hydrogen) atoms. The molecule has 0 unspecified atom stereocenters. The molecule has 1 aliphatic rings. The van der Waals surface area contributed by atoms with E-state index in [0.717, 1.165) is 54.2 Å². The van der Waals surface area contributed by atoms with Crippen LogP contribution in [0.4, 0.5) is 30.5 Å². The molecule has 1 atom stereocenters. The molecule has 1 fully saturated rings. The van der Waals surface area contributed by atoms with Gasteiger partial charge in [-0.15, -0.1) is 5.10 Å². The van der Waals surface area contributed by atoms with E-state index >= 15 is 0 Å². The third-order valence-corrected chi connectivity index (χ3v) is 9.67. The average Bonchev–Trinajstić information content (AvgIpc) is 3.36. The minimum Gasteiger partial charge on any atom is -0.469 e. The molecule has 0 radical (unpaired) electrons. The van der Waals surface area contributed by atoms with Crippen LogP contribution in [0, 0.1) is 5.92 Å². The molecular weight excluding hydrogens is 591 g/mol. The van der Waals surface area contributed by atoms with Crippen molar-refractivity contribution < 1.29 is 32.2 Å². The molecule has 1 saturated carbocycles. The van der Waals surface area contributed by atoms with Gasteiger partial charge in [0.05, 0.1) is 31.0 Å². The second-order valence-electron chi connectivity index (χ2n) is 13.4. The van der Waals surface area contributed by atoms with Gasteiger partial charge >= 0.3 is 12.1 Å². The molecule has 248 valence electrons. The van der Waals surface area contributed by atoms with Crippen LogP contribution in [-0.4, -0.2) is 68.3 Å². The monoisotopic (exact) mass is 641 g/mol. The fourth-order valence-corrected chi connectivity index (χ4v) is 6.19. The van der Waals surface area contributed by atoms with Crippen molar-refractivity contribution in [3.05, 3.63) is 29.6 Å². The lowest BCUT2D eigenvalue weighted by Gasteiger charge is -2.40.